The van der Waals surface area contributed by atoms with Crippen LogP contribution in [0.1, 0.15) is 53.4 Å². The van der Waals surface area contributed by atoms with Gasteiger partial charge in [0.05, 0.1) is 0 Å². The van der Waals surface area contributed by atoms with Crippen LogP contribution in [0, 0.1) is 5.92 Å². The maximum Gasteiger partial charge on any atom is 0.0243 e. The van der Waals surface area contributed by atoms with Crippen molar-refractivity contribution in [1.29, 1.82) is 0 Å². The van der Waals surface area contributed by atoms with Crippen molar-refractivity contribution in [3.63, 3.8) is 0 Å². The lowest BCUT2D eigenvalue weighted by molar-refractivity contribution is 0.181. The molecule has 1 aliphatic rings. The van der Waals surface area contributed by atoms with E-state index in [0.29, 0.717) is 6.04 Å². The molecule has 1 saturated heterocycles. The van der Waals surface area contributed by atoms with Crippen LogP contribution in [0.25, 0.3) is 0 Å². The Kier molecular flexibility index (Phi) is 6.37. The molecule has 1 fully saturated rings. The van der Waals surface area contributed by atoms with Gasteiger partial charge in [-0.25, -0.2) is 0 Å². The molecule has 0 bridgehead atoms. The lowest BCUT2D eigenvalue weighted by Crippen LogP contribution is -2.46. The highest BCUT2D eigenvalue weighted by molar-refractivity contribution is 4.81. The van der Waals surface area contributed by atoms with Crippen molar-refractivity contribution in [1.82, 2.24) is 10.2 Å². The fraction of sp³-hybridized carbons (Fsp3) is 1.00. The molecule has 1 heterocycles. The summed E-state index contributed by atoms with van der Waals surface area (Å²) in [4.78, 5) is 2.68. The van der Waals surface area contributed by atoms with E-state index in [4.69, 9.17) is 0 Å². The molecule has 1 unspecified atom stereocenters. The first-order valence-electron chi connectivity index (χ1n) is 7.16. The molecule has 0 aromatic carbocycles. The predicted molar refractivity (Wildman–Crippen MR) is 71.8 cm³/mol. The van der Waals surface area contributed by atoms with Gasteiger partial charge in [0.1, 0.15) is 0 Å². The summed E-state index contributed by atoms with van der Waals surface area (Å²) in [5.74, 6) is 0.764. The summed E-state index contributed by atoms with van der Waals surface area (Å²) < 4.78 is 0. The van der Waals surface area contributed by atoms with Gasteiger partial charge in [0.25, 0.3) is 0 Å². The molecule has 2 nitrogen and oxygen atoms in total. The number of hydrogen-bond acceptors (Lipinski definition) is 2. The fourth-order valence-corrected chi connectivity index (χ4v) is 2.72. The topological polar surface area (TPSA) is 15.3 Å². The number of nitrogens with one attached hydrogen (secondary N) is 1. The van der Waals surface area contributed by atoms with E-state index in [1.807, 2.05) is 0 Å². The minimum absolute atomic E-state index is 0.712. The Morgan fingerprint density at radius 1 is 1.06 bits per heavy atom. The first-order valence-corrected chi connectivity index (χ1v) is 7.16. The third kappa shape index (κ3) is 4.06. The van der Waals surface area contributed by atoms with Crippen LogP contribution in [0.3, 0.4) is 0 Å². The third-order valence-corrected chi connectivity index (χ3v) is 3.98. The van der Waals surface area contributed by atoms with Gasteiger partial charge >= 0.3 is 0 Å². The van der Waals surface area contributed by atoms with Gasteiger partial charge in [-0.15, -0.1) is 0 Å². The van der Waals surface area contributed by atoms with Crippen LogP contribution in [-0.4, -0.2) is 36.6 Å². The Morgan fingerprint density at radius 2 is 1.62 bits per heavy atom. The maximum absolute atomic E-state index is 3.74. The lowest BCUT2D eigenvalue weighted by Gasteiger charge is -2.32. The van der Waals surface area contributed by atoms with Crippen LogP contribution in [-0.2, 0) is 0 Å². The maximum atomic E-state index is 3.74. The Bertz CT molecular complexity index is 170. The zero-order chi connectivity index (χ0) is 12.0. The Labute approximate surface area is 102 Å². The van der Waals surface area contributed by atoms with E-state index in [-0.39, 0.29) is 0 Å². The minimum atomic E-state index is 0.712. The standard InChI is InChI=1S/C14H30N2/c1-5-13(6-2)15-11-14(12(3)4)16-9-7-8-10-16/h12-15H,5-11H2,1-4H3. The van der Waals surface area contributed by atoms with E-state index in [1.54, 1.807) is 0 Å². The molecule has 0 aromatic heterocycles. The highest BCUT2D eigenvalue weighted by atomic mass is 15.2. The van der Waals surface area contributed by atoms with Crippen molar-refractivity contribution >= 4 is 0 Å². The van der Waals surface area contributed by atoms with Gasteiger partial charge in [0, 0.05) is 18.6 Å². The molecule has 1 N–H and O–H groups in total. The van der Waals surface area contributed by atoms with Gasteiger partial charge < -0.3 is 5.32 Å². The quantitative estimate of drug-likeness (QED) is 0.718. The highest BCUT2D eigenvalue weighted by Gasteiger charge is 2.24. The zero-order valence-electron chi connectivity index (χ0n) is 11.6. The van der Waals surface area contributed by atoms with Crippen molar-refractivity contribution in [2.24, 2.45) is 5.92 Å². The molecule has 0 spiro atoms. The van der Waals surface area contributed by atoms with Gasteiger partial charge in [-0.3, -0.25) is 4.90 Å². The number of likely N-dealkylation sites (tertiary alicyclic amines) is 1. The number of hydrogen-bond donors (Lipinski definition) is 1. The second-order valence-corrected chi connectivity index (χ2v) is 5.48. The minimum Gasteiger partial charge on any atom is -0.312 e. The van der Waals surface area contributed by atoms with Gasteiger partial charge in [0.2, 0.25) is 0 Å². The second kappa shape index (κ2) is 7.29. The molecule has 1 rings (SSSR count). The monoisotopic (exact) mass is 226 g/mol. The van der Waals surface area contributed by atoms with Crippen LogP contribution in [0.4, 0.5) is 0 Å². The van der Waals surface area contributed by atoms with Gasteiger partial charge in [-0.2, -0.15) is 0 Å². The summed E-state index contributed by atoms with van der Waals surface area (Å²) in [5, 5.41) is 3.74. The zero-order valence-corrected chi connectivity index (χ0v) is 11.6. The lowest BCUT2D eigenvalue weighted by atomic mass is 10.0. The van der Waals surface area contributed by atoms with Crippen LogP contribution in [0.5, 0.6) is 0 Å². The summed E-state index contributed by atoms with van der Waals surface area (Å²) in [7, 11) is 0. The van der Waals surface area contributed by atoms with Crippen LogP contribution in [0.15, 0.2) is 0 Å². The fourth-order valence-electron chi connectivity index (χ4n) is 2.72. The average Bonchev–Trinajstić information content (AvgIpc) is 2.77. The van der Waals surface area contributed by atoms with E-state index in [1.165, 1.54) is 45.3 Å². The molecular formula is C14H30N2. The van der Waals surface area contributed by atoms with Gasteiger partial charge in [0.15, 0.2) is 0 Å². The molecular weight excluding hydrogens is 196 g/mol. The number of nitrogens with zero attached hydrogens (tertiary/aromatic N) is 1. The largest absolute Gasteiger partial charge is 0.312 e. The van der Waals surface area contributed by atoms with Crippen molar-refractivity contribution in [3.05, 3.63) is 0 Å². The van der Waals surface area contributed by atoms with E-state index < -0.39 is 0 Å². The molecule has 0 aromatic rings. The summed E-state index contributed by atoms with van der Waals surface area (Å²) in [6.45, 7) is 13.1. The van der Waals surface area contributed by atoms with Crippen molar-refractivity contribution < 1.29 is 0 Å². The average molecular weight is 226 g/mol. The van der Waals surface area contributed by atoms with Crippen molar-refractivity contribution in [3.8, 4) is 0 Å². The summed E-state index contributed by atoms with van der Waals surface area (Å²) in [6, 6.07) is 1.45. The molecule has 96 valence electrons. The summed E-state index contributed by atoms with van der Waals surface area (Å²) >= 11 is 0. The van der Waals surface area contributed by atoms with E-state index >= 15 is 0 Å². The van der Waals surface area contributed by atoms with Crippen LogP contribution in [0.2, 0.25) is 0 Å². The second-order valence-electron chi connectivity index (χ2n) is 5.48. The molecule has 1 atom stereocenters. The SMILES string of the molecule is CCC(CC)NCC(C(C)C)N1CCCC1. The molecule has 0 saturated carbocycles. The van der Waals surface area contributed by atoms with E-state index in [0.717, 1.165) is 12.0 Å². The smallest absolute Gasteiger partial charge is 0.0243 e. The molecule has 16 heavy (non-hydrogen) atoms. The summed E-state index contributed by atoms with van der Waals surface area (Å²) in [5.41, 5.74) is 0. The number of rotatable bonds is 7. The van der Waals surface area contributed by atoms with Gasteiger partial charge in [-0.1, -0.05) is 27.7 Å². The van der Waals surface area contributed by atoms with Crippen LogP contribution >= 0.6 is 0 Å². The van der Waals surface area contributed by atoms with Crippen LogP contribution < -0.4 is 5.32 Å². The summed E-state index contributed by atoms with van der Waals surface area (Å²) in [6.07, 6.45) is 5.30. The Hall–Kier alpha value is -0.0800. The highest BCUT2D eigenvalue weighted by Crippen LogP contribution is 2.17. The predicted octanol–water partition coefficient (Wildman–Crippen LogP) is 2.89. The first kappa shape index (κ1) is 14.0. The first-order chi connectivity index (χ1) is 7.69. The van der Waals surface area contributed by atoms with Crippen molar-refractivity contribution in [2.75, 3.05) is 19.6 Å². The molecule has 0 amide bonds. The van der Waals surface area contributed by atoms with Gasteiger partial charge in [-0.05, 0) is 44.7 Å². The Morgan fingerprint density at radius 3 is 2.06 bits per heavy atom. The van der Waals surface area contributed by atoms with E-state index in [2.05, 4.69) is 37.9 Å². The Balaban J connectivity index is 2.38. The van der Waals surface area contributed by atoms with E-state index in [9.17, 15) is 0 Å². The normalized spacial score (nSPS) is 19.9. The van der Waals surface area contributed by atoms with Crippen molar-refractivity contribution in [2.45, 2.75) is 65.5 Å². The molecule has 0 aliphatic carbocycles. The molecule has 0 radical (unpaired) electrons. The third-order valence-electron chi connectivity index (χ3n) is 3.98. The molecule has 2 heteroatoms. The molecule has 1 aliphatic heterocycles.